The molecule has 0 aliphatic heterocycles. The molecule has 0 bridgehead atoms. The van der Waals surface area contributed by atoms with Gasteiger partial charge in [0.1, 0.15) is 5.67 Å². The van der Waals surface area contributed by atoms with Gasteiger partial charge in [0.05, 0.1) is 0 Å². The maximum absolute atomic E-state index is 13.4. The second kappa shape index (κ2) is 3.80. The van der Waals surface area contributed by atoms with E-state index in [1.165, 1.54) is 19.3 Å². The Morgan fingerprint density at radius 3 is 2.50 bits per heavy atom. The van der Waals surface area contributed by atoms with E-state index in [2.05, 4.69) is 19.2 Å². The van der Waals surface area contributed by atoms with Crippen molar-refractivity contribution in [3.05, 3.63) is 0 Å². The number of alkyl halides is 1. The fraction of sp³-hybridized carbons (Fsp3) is 1.00. The minimum Gasteiger partial charge on any atom is -0.311 e. The molecular weight excluding hydrogens is 177 g/mol. The van der Waals surface area contributed by atoms with E-state index in [1.54, 1.807) is 0 Å². The Morgan fingerprint density at radius 2 is 1.93 bits per heavy atom. The monoisotopic (exact) mass is 199 g/mol. The first-order valence-corrected chi connectivity index (χ1v) is 6.01. The highest BCUT2D eigenvalue weighted by atomic mass is 19.1. The molecule has 0 saturated heterocycles. The van der Waals surface area contributed by atoms with Crippen molar-refractivity contribution in [3.63, 3.8) is 0 Å². The maximum Gasteiger partial charge on any atom is 0.123 e. The number of hydrogen-bond acceptors (Lipinski definition) is 1. The lowest BCUT2D eigenvalue weighted by Crippen LogP contribution is -2.39. The average molecular weight is 199 g/mol. The van der Waals surface area contributed by atoms with Gasteiger partial charge in [-0.1, -0.05) is 13.8 Å². The van der Waals surface area contributed by atoms with Gasteiger partial charge < -0.3 is 5.32 Å². The molecule has 0 aromatic carbocycles. The van der Waals surface area contributed by atoms with Crippen LogP contribution in [-0.4, -0.2) is 18.3 Å². The van der Waals surface area contributed by atoms with Crippen molar-refractivity contribution >= 4 is 0 Å². The Labute approximate surface area is 86.5 Å². The lowest BCUT2D eigenvalue weighted by Gasteiger charge is -2.33. The van der Waals surface area contributed by atoms with Gasteiger partial charge in [-0.25, -0.2) is 4.39 Å². The molecule has 1 N–H and O–H groups in total. The highest BCUT2D eigenvalue weighted by molar-refractivity contribution is 4.97. The molecule has 1 nitrogen and oxygen atoms in total. The van der Waals surface area contributed by atoms with Gasteiger partial charge in [0.2, 0.25) is 0 Å². The summed E-state index contributed by atoms with van der Waals surface area (Å²) in [4.78, 5) is 0. The summed E-state index contributed by atoms with van der Waals surface area (Å²) in [5.74, 6) is 1.66. The predicted octanol–water partition coefficient (Wildman–Crippen LogP) is 2.90. The second-order valence-corrected chi connectivity index (χ2v) is 5.50. The molecule has 14 heavy (non-hydrogen) atoms. The first-order valence-electron chi connectivity index (χ1n) is 6.01. The van der Waals surface area contributed by atoms with Crippen molar-refractivity contribution in [1.29, 1.82) is 0 Å². The van der Waals surface area contributed by atoms with Crippen LogP contribution in [0.1, 0.15) is 46.0 Å². The zero-order chi connectivity index (χ0) is 10.2. The number of rotatable bonds is 3. The molecule has 2 aliphatic rings. The van der Waals surface area contributed by atoms with Crippen LogP contribution >= 0.6 is 0 Å². The summed E-state index contributed by atoms with van der Waals surface area (Å²) in [5.41, 5.74) is -0.827. The normalized spacial score (nSPS) is 40.9. The van der Waals surface area contributed by atoms with Gasteiger partial charge in [-0.05, 0) is 43.9 Å². The molecule has 3 atom stereocenters. The molecule has 0 spiro atoms. The van der Waals surface area contributed by atoms with E-state index >= 15 is 0 Å². The van der Waals surface area contributed by atoms with Gasteiger partial charge in [0.15, 0.2) is 0 Å². The zero-order valence-electron chi connectivity index (χ0n) is 9.35. The van der Waals surface area contributed by atoms with E-state index in [4.69, 9.17) is 0 Å². The van der Waals surface area contributed by atoms with Crippen LogP contribution in [0.4, 0.5) is 4.39 Å². The lowest BCUT2D eigenvalue weighted by molar-refractivity contribution is 0.206. The van der Waals surface area contributed by atoms with Crippen molar-refractivity contribution in [3.8, 4) is 0 Å². The molecule has 2 heteroatoms. The molecule has 2 rings (SSSR count). The van der Waals surface area contributed by atoms with Crippen molar-refractivity contribution in [1.82, 2.24) is 5.32 Å². The zero-order valence-corrected chi connectivity index (χ0v) is 9.35. The van der Waals surface area contributed by atoms with Gasteiger partial charge in [0.25, 0.3) is 0 Å². The summed E-state index contributed by atoms with van der Waals surface area (Å²) in [5, 5.41) is 3.40. The van der Waals surface area contributed by atoms with Gasteiger partial charge in [-0.2, -0.15) is 0 Å². The average Bonchev–Trinajstić information content (AvgIpc) is 2.87. The molecule has 2 aliphatic carbocycles. The van der Waals surface area contributed by atoms with Crippen LogP contribution in [0, 0.1) is 11.8 Å². The van der Waals surface area contributed by atoms with Gasteiger partial charge in [-0.15, -0.1) is 0 Å². The van der Waals surface area contributed by atoms with E-state index in [-0.39, 0.29) is 0 Å². The summed E-state index contributed by atoms with van der Waals surface area (Å²) in [7, 11) is 0. The Kier molecular flexibility index (Phi) is 2.83. The smallest absolute Gasteiger partial charge is 0.123 e. The van der Waals surface area contributed by atoms with E-state index in [0.717, 1.165) is 24.7 Å². The van der Waals surface area contributed by atoms with E-state index in [1.807, 2.05) is 0 Å². The Morgan fingerprint density at radius 1 is 1.21 bits per heavy atom. The summed E-state index contributed by atoms with van der Waals surface area (Å²) in [6.07, 6.45) is 5.33. The topological polar surface area (TPSA) is 12.0 Å². The van der Waals surface area contributed by atoms with E-state index in [0.29, 0.717) is 12.6 Å². The van der Waals surface area contributed by atoms with Crippen molar-refractivity contribution in [2.75, 3.05) is 6.54 Å². The summed E-state index contributed by atoms with van der Waals surface area (Å²) in [6.45, 7) is 5.25. The summed E-state index contributed by atoms with van der Waals surface area (Å²) in [6, 6.07) is 0.578. The number of halogens is 1. The summed E-state index contributed by atoms with van der Waals surface area (Å²) < 4.78 is 13.4. The van der Waals surface area contributed by atoms with Crippen molar-refractivity contribution in [2.24, 2.45) is 11.8 Å². The molecule has 0 radical (unpaired) electrons. The van der Waals surface area contributed by atoms with Crippen LogP contribution in [0.15, 0.2) is 0 Å². The fourth-order valence-electron chi connectivity index (χ4n) is 2.37. The third-order valence-corrected chi connectivity index (χ3v) is 4.10. The van der Waals surface area contributed by atoms with Gasteiger partial charge in [-0.3, -0.25) is 0 Å². The van der Waals surface area contributed by atoms with Crippen LogP contribution in [0.2, 0.25) is 0 Å². The van der Waals surface area contributed by atoms with Crippen molar-refractivity contribution in [2.45, 2.75) is 57.7 Å². The number of hydrogen-bond donors (Lipinski definition) is 1. The molecular formula is C12H22FN. The number of nitrogens with one attached hydrogen (secondary N) is 1. The van der Waals surface area contributed by atoms with Crippen LogP contribution in [0.3, 0.4) is 0 Å². The third kappa shape index (κ3) is 2.47. The quantitative estimate of drug-likeness (QED) is 0.737. The van der Waals surface area contributed by atoms with Crippen molar-refractivity contribution < 1.29 is 4.39 Å². The molecule has 0 aromatic heterocycles. The standard InChI is InChI=1S/C12H22FN/c1-9-3-4-11(7-10(9)2)14-8-12(13)5-6-12/h9-11,14H,3-8H2,1-2H3. The molecule has 82 valence electrons. The third-order valence-electron chi connectivity index (χ3n) is 4.10. The van der Waals surface area contributed by atoms with E-state index in [9.17, 15) is 4.39 Å². The highest BCUT2D eigenvalue weighted by Crippen LogP contribution is 2.39. The molecule has 3 unspecified atom stereocenters. The predicted molar refractivity (Wildman–Crippen MR) is 57.0 cm³/mol. The Bertz CT molecular complexity index is 200. The van der Waals surface area contributed by atoms with Crippen LogP contribution in [0.5, 0.6) is 0 Å². The lowest BCUT2D eigenvalue weighted by atomic mass is 9.79. The maximum atomic E-state index is 13.4. The SMILES string of the molecule is CC1CCC(NCC2(F)CC2)CC1C. The van der Waals surface area contributed by atoms with Gasteiger partial charge in [0, 0.05) is 12.6 Å². The minimum absolute atomic E-state index is 0.578. The molecule has 0 amide bonds. The molecule has 2 saturated carbocycles. The van der Waals surface area contributed by atoms with E-state index < -0.39 is 5.67 Å². The second-order valence-electron chi connectivity index (χ2n) is 5.50. The first kappa shape index (κ1) is 10.4. The molecule has 0 aromatic rings. The molecule has 2 fully saturated rings. The van der Waals surface area contributed by atoms with Crippen LogP contribution < -0.4 is 5.32 Å². The highest BCUT2D eigenvalue weighted by Gasteiger charge is 2.43. The van der Waals surface area contributed by atoms with Crippen LogP contribution in [0.25, 0.3) is 0 Å². The molecule has 0 heterocycles. The van der Waals surface area contributed by atoms with Crippen LogP contribution in [-0.2, 0) is 0 Å². The van der Waals surface area contributed by atoms with Gasteiger partial charge >= 0.3 is 0 Å². The largest absolute Gasteiger partial charge is 0.311 e. The Balaban J connectivity index is 1.71. The fourth-order valence-corrected chi connectivity index (χ4v) is 2.37. The Hall–Kier alpha value is -0.110. The summed E-state index contributed by atoms with van der Waals surface area (Å²) >= 11 is 0. The first-order chi connectivity index (χ1) is 6.59. The minimum atomic E-state index is -0.827.